The lowest BCUT2D eigenvalue weighted by Gasteiger charge is -2.12. The van der Waals surface area contributed by atoms with Crippen LogP contribution in [0.15, 0.2) is 35.6 Å². The SMILES string of the molecule is CCNC(=NCCc1cc(C)ccc1OC)NCCc1cnn(C)c1.I. The summed E-state index contributed by atoms with van der Waals surface area (Å²) >= 11 is 0. The van der Waals surface area contributed by atoms with E-state index in [1.807, 2.05) is 30.2 Å². The number of aryl methyl sites for hydroxylation is 2. The van der Waals surface area contributed by atoms with Crippen LogP contribution in [0.25, 0.3) is 0 Å². The molecule has 0 saturated carbocycles. The van der Waals surface area contributed by atoms with Crippen molar-refractivity contribution in [3.05, 3.63) is 47.3 Å². The van der Waals surface area contributed by atoms with Gasteiger partial charge in [0, 0.05) is 32.9 Å². The molecule has 144 valence electrons. The van der Waals surface area contributed by atoms with Crippen molar-refractivity contribution >= 4 is 29.9 Å². The number of hydrogen-bond donors (Lipinski definition) is 2. The van der Waals surface area contributed by atoms with Crippen molar-refractivity contribution in [2.75, 3.05) is 26.7 Å². The molecule has 2 rings (SSSR count). The minimum absolute atomic E-state index is 0. The molecular weight excluding hydrogens is 441 g/mol. The van der Waals surface area contributed by atoms with Gasteiger partial charge in [-0.3, -0.25) is 9.67 Å². The van der Waals surface area contributed by atoms with Gasteiger partial charge in [-0.2, -0.15) is 5.10 Å². The quantitative estimate of drug-likeness (QED) is 0.353. The molecule has 0 spiro atoms. The van der Waals surface area contributed by atoms with E-state index in [2.05, 4.69) is 46.7 Å². The number of halogens is 1. The maximum atomic E-state index is 5.43. The number of nitrogens with zero attached hydrogens (tertiary/aromatic N) is 3. The molecule has 0 fully saturated rings. The molecule has 0 aliphatic rings. The van der Waals surface area contributed by atoms with Crippen molar-refractivity contribution in [1.82, 2.24) is 20.4 Å². The van der Waals surface area contributed by atoms with Crippen LogP contribution in [0.5, 0.6) is 5.75 Å². The zero-order chi connectivity index (χ0) is 18.1. The van der Waals surface area contributed by atoms with Gasteiger partial charge in [0.2, 0.25) is 0 Å². The summed E-state index contributed by atoms with van der Waals surface area (Å²) in [6.45, 7) is 6.54. The lowest BCUT2D eigenvalue weighted by atomic mass is 10.1. The highest BCUT2D eigenvalue weighted by Gasteiger charge is 2.04. The first-order valence-corrected chi connectivity index (χ1v) is 8.75. The fourth-order valence-corrected chi connectivity index (χ4v) is 2.66. The Morgan fingerprint density at radius 2 is 2.08 bits per heavy atom. The van der Waals surface area contributed by atoms with Crippen molar-refractivity contribution < 1.29 is 4.74 Å². The first-order chi connectivity index (χ1) is 12.1. The Bertz CT molecular complexity index is 699. The van der Waals surface area contributed by atoms with Crippen LogP contribution in [0.2, 0.25) is 0 Å². The molecular formula is C19H30IN5O. The summed E-state index contributed by atoms with van der Waals surface area (Å²) in [5.74, 6) is 1.77. The number of rotatable bonds is 8. The van der Waals surface area contributed by atoms with Crippen LogP contribution in [-0.2, 0) is 19.9 Å². The third-order valence-electron chi connectivity index (χ3n) is 3.90. The highest BCUT2D eigenvalue weighted by molar-refractivity contribution is 14.0. The first-order valence-electron chi connectivity index (χ1n) is 8.75. The molecule has 2 N–H and O–H groups in total. The summed E-state index contributed by atoms with van der Waals surface area (Å²) in [6, 6.07) is 6.25. The minimum Gasteiger partial charge on any atom is -0.496 e. The summed E-state index contributed by atoms with van der Waals surface area (Å²) in [6.07, 6.45) is 5.71. The van der Waals surface area contributed by atoms with Crippen LogP contribution < -0.4 is 15.4 Å². The summed E-state index contributed by atoms with van der Waals surface area (Å²) in [4.78, 5) is 4.67. The average molecular weight is 471 g/mol. The topological polar surface area (TPSA) is 63.5 Å². The van der Waals surface area contributed by atoms with Gasteiger partial charge in [0.25, 0.3) is 0 Å². The number of methoxy groups -OCH3 is 1. The molecule has 0 unspecified atom stereocenters. The summed E-state index contributed by atoms with van der Waals surface area (Å²) in [5, 5.41) is 10.9. The number of nitrogens with one attached hydrogen (secondary N) is 2. The number of hydrogen-bond acceptors (Lipinski definition) is 3. The molecule has 2 aromatic rings. The second-order valence-corrected chi connectivity index (χ2v) is 6.02. The molecule has 7 heteroatoms. The van der Waals surface area contributed by atoms with Crippen molar-refractivity contribution in [1.29, 1.82) is 0 Å². The normalized spacial score (nSPS) is 11.0. The van der Waals surface area contributed by atoms with Gasteiger partial charge in [-0.15, -0.1) is 24.0 Å². The van der Waals surface area contributed by atoms with E-state index in [4.69, 9.17) is 4.74 Å². The molecule has 0 amide bonds. The maximum absolute atomic E-state index is 5.43. The van der Waals surface area contributed by atoms with Gasteiger partial charge in [0.05, 0.1) is 13.3 Å². The minimum atomic E-state index is 0. The third kappa shape index (κ3) is 7.23. The second kappa shape index (κ2) is 11.8. The molecule has 1 aromatic heterocycles. The zero-order valence-electron chi connectivity index (χ0n) is 16.1. The molecule has 26 heavy (non-hydrogen) atoms. The van der Waals surface area contributed by atoms with Crippen LogP contribution >= 0.6 is 24.0 Å². The summed E-state index contributed by atoms with van der Waals surface area (Å²) in [5.41, 5.74) is 3.65. The maximum Gasteiger partial charge on any atom is 0.191 e. The highest BCUT2D eigenvalue weighted by Crippen LogP contribution is 2.20. The van der Waals surface area contributed by atoms with Crippen molar-refractivity contribution in [3.63, 3.8) is 0 Å². The Balaban J connectivity index is 0.00000338. The highest BCUT2D eigenvalue weighted by atomic mass is 127. The third-order valence-corrected chi connectivity index (χ3v) is 3.90. The largest absolute Gasteiger partial charge is 0.496 e. The van der Waals surface area contributed by atoms with Gasteiger partial charge in [-0.1, -0.05) is 17.7 Å². The lowest BCUT2D eigenvalue weighted by Crippen LogP contribution is -2.38. The van der Waals surface area contributed by atoms with Gasteiger partial charge in [-0.25, -0.2) is 0 Å². The molecule has 0 saturated heterocycles. The Labute approximate surface area is 173 Å². The van der Waals surface area contributed by atoms with E-state index in [0.717, 1.165) is 37.6 Å². The molecule has 0 bridgehead atoms. The zero-order valence-corrected chi connectivity index (χ0v) is 18.4. The fraction of sp³-hybridized carbons (Fsp3) is 0.474. The standard InChI is InChI=1S/C19H29N5O.HI/c1-5-20-19(21-10-8-16-13-23-24(3)14-16)22-11-9-17-12-15(2)6-7-18(17)25-4;/h6-7,12-14H,5,8-11H2,1-4H3,(H2,20,21,22);1H. The van der Waals surface area contributed by atoms with Crippen LogP contribution in [-0.4, -0.2) is 42.5 Å². The lowest BCUT2D eigenvalue weighted by molar-refractivity contribution is 0.409. The predicted molar refractivity (Wildman–Crippen MR) is 118 cm³/mol. The Morgan fingerprint density at radius 3 is 2.73 bits per heavy atom. The second-order valence-electron chi connectivity index (χ2n) is 6.02. The van der Waals surface area contributed by atoms with Crippen LogP contribution in [0.4, 0.5) is 0 Å². The Hall–Kier alpha value is -1.77. The predicted octanol–water partition coefficient (Wildman–Crippen LogP) is 2.70. The molecule has 1 heterocycles. The van der Waals surface area contributed by atoms with E-state index < -0.39 is 0 Å². The molecule has 0 atom stereocenters. The van der Waals surface area contributed by atoms with Gasteiger partial charge in [0.1, 0.15) is 5.75 Å². The molecule has 6 nitrogen and oxygen atoms in total. The van der Waals surface area contributed by atoms with E-state index in [-0.39, 0.29) is 24.0 Å². The Kier molecular flexibility index (Phi) is 10.1. The van der Waals surface area contributed by atoms with Gasteiger partial charge in [-0.05, 0) is 43.9 Å². The van der Waals surface area contributed by atoms with Crippen molar-refractivity contribution in [2.24, 2.45) is 12.0 Å². The van der Waals surface area contributed by atoms with Crippen LogP contribution in [0.1, 0.15) is 23.6 Å². The van der Waals surface area contributed by atoms with Crippen molar-refractivity contribution in [2.45, 2.75) is 26.7 Å². The van der Waals surface area contributed by atoms with E-state index in [0.29, 0.717) is 6.54 Å². The monoisotopic (exact) mass is 471 g/mol. The first kappa shape index (κ1) is 22.3. The van der Waals surface area contributed by atoms with E-state index in [1.54, 1.807) is 7.11 Å². The molecule has 1 aromatic carbocycles. The Morgan fingerprint density at radius 1 is 1.27 bits per heavy atom. The van der Waals surface area contributed by atoms with E-state index in [1.165, 1.54) is 16.7 Å². The molecule has 0 radical (unpaired) electrons. The van der Waals surface area contributed by atoms with Gasteiger partial charge >= 0.3 is 0 Å². The fourth-order valence-electron chi connectivity index (χ4n) is 2.66. The molecule has 0 aliphatic heterocycles. The smallest absolute Gasteiger partial charge is 0.191 e. The van der Waals surface area contributed by atoms with E-state index >= 15 is 0 Å². The number of benzene rings is 1. The van der Waals surface area contributed by atoms with Gasteiger partial charge in [0.15, 0.2) is 5.96 Å². The number of ether oxygens (including phenoxy) is 1. The molecule has 0 aliphatic carbocycles. The number of aromatic nitrogens is 2. The van der Waals surface area contributed by atoms with Crippen LogP contribution in [0.3, 0.4) is 0 Å². The summed E-state index contributed by atoms with van der Waals surface area (Å²) in [7, 11) is 3.64. The van der Waals surface area contributed by atoms with Gasteiger partial charge < -0.3 is 15.4 Å². The van der Waals surface area contributed by atoms with Crippen LogP contribution in [0, 0.1) is 6.92 Å². The summed E-state index contributed by atoms with van der Waals surface area (Å²) < 4.78 is 7.26. The number of aliphatic imine (C=N–C) groups is 1. The average Bonchev–Trinajstić information content (AvgIpc) is 3.00. The van der Waals surface area contributed by atoms with Crippen molar-refractivity contribution in [3.8, 4) is 5.75 Å². The van der Waals surface area contributed by atoms with E-state index in [9.17, 15) is 0 Å². The number of guanidine groups is 1.